The Kier molecular flexibility index (Phi) is 2.73. The quantitative estimate of drug-likeness (QED) is 0.696. The zero-order valence-corrected chi connectivity index (χ0v) is 9.21. The molecule has 2 aromatic rings. The van der Waals surface area contributed by atoms with E-state index in [0.29, 0.717) is 5.65 Å². The Balaban J connectivity index is 2.66. The minimum Gasteiger partial charge on any atom is -0.464 e. The van der Waals surface area contributed by atoms with Crippen LogP contribution >= 0.6 is 0 Å². The maximum atomic E-state index is 11.5. The van der Waals surface area contributed by atoms with Crippen molar-refractivity contribution in [3.63, 3.8) is 0 Å². The first-order valence-corrected chi connectivity index (χ1v) is 4.68. The Morgan fingerprint density at radius 1 is 1.24 bits per heavy atom. The molecule has 0 aromatic carbocycles. The Labute approximate surface area is 96.0 Å². The molecule has 88 valence electrons. The molecule has 2 heterocycles. The first kappa shape index (κ1) is 11.1. The van der Waals surface area contributed by atoms with Gasteiger partial charge in [-0.15, -0.1) is 0 Å². The van der Waals surface area contributed by atoms with Crippen LogP contribution in [0, 0.1) is 0 Å². The molecular formula is C10H9N3O4. The Bertz CT molecular complexity index is 590. The van der Waals surface area contributed by atoms with Crippen LogP contribution in [0.3, 0.4) is 0 Å². The van der Waals surface area contributed by atoms with Gasteiger partial charge in [0.15, 0.2) is 17.0 Å². The van der Waals surface area contributed by atoms with E-state index in [1.807, 2.05) is 0 Å². The number of aromatic nitrogens is 3. The van der Waals surface area contributed by atoms with Crippen molar-refractivity contribution in [3.8, 4) is 0 Å². The van der Waals surface area contributed by atoms with Crippen LogP contribution in [0.2, 0.25) is 0 Å². The molecule has 0 unspecified atom stereocenters. The van der Waals surface area contributed by atoms with Crippen LogP contribution in [0.4, 0.5) is 0 Å². The number of carbonyl (C=O) groups is 2. The van der Waals surface area contributed by atoms with Gasteiger partial charge in [-0.25, -0.2) is 19.1 Å². The number of hydrogen-bond acceptors (Lipinski definition) is 6. The third-order valence-electron chi connectivity index (χ3n) is 2.15. The number of rotatable bonds is 2. The fourth-order valence-corrected chi connectivity index (χ4v) is 1.37. The lowest BCUT2D eigenvalue weighted by molar-refractivity contribution is 0.0588. The summed E-state index contributed by atoms with van der Waals surface area (Å²) in [7, 11) is 2.48. The molecule has 7 nitrogen and oxygen atoms in total. The number of methoxy groups -OCH3 is 2. The Morgan fingerprint density at radius 3 is 2.59 bits per heavy atom. The second kappa shape index (κ2) is 4.20. The summed E-state index contributed by atoms with van der Waals surface area (Å²) in [6.45, 7) is 0. The molecule has 2 rings (SSSR count). The zero-order valence-electron chi connectivity index (χ0n) is 9.21. The van der Waals surface area contributed by atoms with Gasteiger partial charge in [0, 0.05) is 12.1 Å². The van der Waals surface area contributed by atoms with Gasteiger partial charge in [-0.3, -0.25) is 0 Å². The summed E-state index contributed by atoms with van der Waals surface area (Å²) in [5.74, 6) is -1.23. The van der Waals surface area contributed by atoms with E-state index < -0.39 is 11.9 Å². The summed E-state index contributed by atoms with van der Waals surface area (Å²) in [5, 5.41) is 3.92. The standard InChI is InChI=1S/C10H9N3O4/c1-16-9(14)6-5-7(10(15)17-2)13-8(12-6)3-4-11-13/h3-5H,1-2H3. The predicted molar refractivity (Wildman–Crippen MR) is 55.7 cm³/mol. The normalized spacial score (nSPS) is 10.2. The fourth-order valence-electron chi connectivity index (χ4n) is 1.37. The summed E-state index contributed by atoms with van der Waals surface area (Å²) in [4.78, 5) is 26.9. The third kappa shape index (κ3) is 1.82. The van der Waals surface area contributed by atoms with Crippen molar-refractivity contribution in [3.05, 3.63) is 29.7 Å². The van der Waals surface area contributed by atoms with Crippen molar-refractivity contribution in [2.24, 2.45) is 0 Å². The molecule has 0 saturated heterocycles. The van der Waals surface area contributed by atoms with Gasteiger partial charge in [0.1, 0.15) is 0 Å². The highest BCUT2D eigenvalue weighted by molar-refractivity contribution is 5.93. The summed E-state index contributed by atoms with van der Waals surface area (Å²) in [6, 6.07) is 2.84. The molecule has 0 atom stereocenters. The molecule has 0 spiro atoms. The number of ether oxygens (including phenoxy) is 2. The lowest BCUT2D eigenvalue weighted by Crippen LogP contribution is -2.14. The summed E-state index contributed by atoms with van der Waals surface area (Å²) in [6.07, 6.45) is 1.47. The Morgan fingerprint density at radius 2 is 1.94 bits per heavy atom. The maximum Gasteiger partial charge on any atom is 0.356 e. The average molecular weight is 235 g/mol. The molecule has 0 aliphatic heterocycles. The molecule has 0 bridgehead atoms. The first-order chi connectivity index (χ1) is 8.17. The third-order valence-corrected chi connectivity index (χ3v) is 2.15. The molecule has 17 heavy (non-hydrogen) atoms. The van der Waals surface area contributed by atoms with Crippen molar-refractivity contribution in [2.45, 2.75) is 0 Å². The van der Waals surface area contributed by atoms with Gasteiger partial charge in [-0.2, -0.15) is 5.10 Å². The van der Waals surface area contributed by atoms with Crippen LogP contribution in [0.15, 0.2) is 18.3 Å². The van der Waals surface area contributed by atoms with Gasteiger partial charge in [0.05, 0.1) is 20.4 Å². The average Bonchev–Trinajstić information content (AvgIpc) is 2.83. The van der Waals surface area contributed by atoms with Crippen molar-refractivity contribution >= 4 is 17.6 Å². The zero-order chi connectivity index (χ0) is 12.4. The summed E-state index contributed by atoms with van der Waals surface area (Å²) >= 11 is 0. The van der Waals surface area contributed by atoms with Crippen LogP contribution in [0.5, 0.6) is 0 Å². The van der Waals surface area contributed by atoms with Crippen LogP contribution in [0.1, 0.15) is 21.0 Å². The van der Waals surface area contributed by atoms with Crippen LogP contribution in [-0.4, -0.2) is 40.8 Å². The molecule has 7 heteroatoms. The maximum absolute atomic E-state index is 11.5. The van der Waals surface area contributed by atoms with Gasteiger partial charge in [0.25, 0.3) is 0 Å². The number of nitrogens with zero attached hydrogens (tertiary/aromatic N) is 3. The van der Waals surface area contributed by atoms with Gasteiger partial charge in [-0.1, -0.05) is 0 Å². The lowest BCUT2D eigenvalue weighted by Gasteiger charge is -2.04. The van der Waals surface area contributed by atoms with Crippen molar-refractivity contribution < 1.29 is 19.1 Å². The second-order valence-corrected chi connectivity index (χ2v) is 3.11. The van der Waals surface area contributed by atoms with E-state index >= 15 is 0 Å². The lowest BCUT2D eigenvalue weighted by atomic mass is 10.3. The number of hydrogen-bond donors (Lipinski definition) is 0. The molecular weight excluding hydrogens is 226 g/mol. The monoisotopic (exact) mass is 235 g/mol. The molecule has 0 saturated carbocycles. The van der Waals surface area contributed by atoms with E-state index in [2.05, 4.69) is 19.6 Å². The molecule has 0 radical (unpaired) electrons. The first-order valence-electron chi connectivity index (χ1n) is 4.68. The SMILES string of the molecule is COC(=O)c1cc(C(=O)OC)n2nccc2n1. The van der Waals surface area contributed by atoms with Crippen LogP contribution < -0.4 is 0 Å². The van der Waals surface area contributed by atoms with E-state index in [-0.39, 0.29) is 11.4 Å². The van der Waals surface area contributed by atoms with E-state index in [9.17, 15) is 9.59 Å². The predicted octanol–water partition coefficient (Wildman–Crippen LogP) is 0.302. The molecule has 2 aromatic heterocycles. The molecule has 0 fully saturated rings. The minimum absolute atomic E-state index is 0.0286. The summed E-state index contributed by atoms with van der Waals surface area (Å²) in [5.41, 5.74) is 0.511. The molecule has 0 aliphatic rings. The van der Waals surface area contributed by atoms with E-state index in [1.165, 1.54) is 31.0 Å². The highest BCUT2D eigenvalue weighted by Gasteiger charge is 2.17. The van der Waals surface area contributed by atoms with E-state index in [0.717, 1.165) is 0 Å². The largest absolute Gasteiger partial charge is 0.464 e. The van der Waals surface area contributed by atoms with Crippen molar-refractivity contribution in [2.75, 3.05) is 14.2 Å². The van der Waals surface area contributed by atoms with E-state index in [4.69, 9.17) is 0 Å². The number of esters is 2. The highest BCUT2D eigenvalue weighted by atomic mass is 16.5. The van der Waals surface area contributed by atoms with Crippen LogP contribution in [-0.2, 0) is 9.47 Å². The highest BCUT2D eigenvalue weighted by Crippen LogP contribution is 2.09. The second-order valence-electron chi connectivity index (χ2n) is 3.11. The van der Waals surface area contributed by atoms with Crippen molar-refractivity contribution in [1.29, 1.82) is 0 Å². The van der Waals surface area contributed by atoms with Gasteiger partial charge >= 0.3 is 11.9 Å². The van der Waals surface area contributed by atoms with Crippen LogP contribution in [0.25, 0.3) is 5.65 Å². The number of fused-ring (bicyclic) bond motifs is 1. The van der Waals surface area contributed by atoms with Gasteiger partial charge in [0.2, 0.25) is 0 Å². The Hall–Kier alpha value is -2.44. The minimum atomic E-state index is -0.626. The summed E-state index contributed by atoms with van der Waals surface area (Å²) < 4.78 is 10.4. The fraction of sp³-hybridized carbons (Fsp3) is 0.200. The molecule has 0 N–H and O–H groups in total. The topological polar surface area (TPSA) is 82.8 Å². The van der Waals surface area contributed by atoms with Gasteiger partial charge < -0.3 is 9.47 Å². The van der Waals surface area contributed by atoms with Gasteiger partial charge in [-0.05, 0) is 0 Å². The smallest absolute Gasteiger partial charge is 0.356 e. The number of carbonyl (C=O) groups excluding carboxylic acids is 2. The molecule has 0 amide bonds. The molecule has 0 aliphatic carbocycles. The van der Waals surface area contributed by atoms with E-state index in [1.54, 1.807) is 6.07 Å². The van der Waals surface area contributed by atoms with Crippen molar-refractivity contribution in [1.82, 2.24) is 14.6 Å².